The van der Waals surface area contributed by atoms with Gasteiger partial charge in [0.15, 0.2) is 11.6 Å². The van der Waals surface area contributed by atoms with Crippen LogP contribution in [0.2, 0.25) is 0 Å². The lowest BCUT2D eigenvalue weighted by molar-refractivity contribution is -0.147. The molecule has 0 unspecified atom stereocenters. The number of nitrogens with zero attached hydrogens (tertiary/aromatic N) is 3. The van der Waals surface area contributed by atoms with Crippen LogP contribution in [0.1, 0.15) is 151 Å². The van der Waals surface area contributed by atoms with Crippen molar-refractivity contribution < 1.29 is 32.4 Å². The number of amides is 3. The van der Waals surface area contributed by atoms with Crippen LogP contribution in [-0.4, -0.2) is 103 Å². The molecule has 59 heavy (non-hydrogen) atoms. The summed E-state index contributed by atoms with van der Waals surface area (Å²) in [5.41, 5.74) is -2.21. The van der Waals surface area contributed by atoms with Crippen molar-refractivity contribution in [2.24, 2.45) is 44.8 Å². The van der Waals surface area contributed by atoms with E-state index >= 15 is 4.79 Å². The second-order valence-electron chi connectivity index (χ2n) is 21.3. The Morgan fingerprint density at radius 3 is 2.05 bits per heavy atom. The summed E-state index contributed by atoms with van der Waals surface area (Å²) in [7, 11) is -4.06. The molecule has 7 fully saturated rings. The highest BCUT2D eigenvalue weighted by molar-refractivity contribution is 7.87. The van der Waals surface area contributed by atoms with E-state index in [-0.39, 0.29) is 70.3 Å². The van der Waals surface area contributed by atoms with E-state index in [0.717, 1.165) is 96.6 Å². The highest BCUT2D eigenvalue weighted by Crippen LogP contribution is 2.88. The number of piperidine rings is 1. The summed E-state index contributed by atoms with van der Waals surface area (Å²) in [6.45, 7) is 19.2. The summed E-state index contributed by atoms with van der Waals surface area (Å²) in [5, 5.41) is 3.26. The van der Waals surface area contributed by atoms with Crippen LogP contribution in [0.4, 0.5) is 0 Å². The number of nitrogens with one attached hydrogen (secondary N) is 2. The Bertz CT molecular complexity index is 1790. The average Bonchev–Trinajstić information content (AvgIpc) is 3.64. The lowest BCUT2D eigenvalue weighted by Crippen LogP contribution is -2.56. The van der Waals surface area contributed by atoms with E-state index in [2.05, 4.69) is 42.3 Å². The molecule has 2 spiro atoms. The minimum Gasteiger partial charge on any atom is -0.345 e. The molecule has 12 nitrogen and oxygen atoms in total. The third-order valence-electron chi connectivity index (χ3n) is 17.3. The number of ketones is 2. The second-order valence-corrected chi connectivity index (χ2v) is 23.0. The Kier molecular flexibility index (Phi) is 12.2. The van der Waals surface area contributed by atoms with Gasteiger partial charge in [0.1, 0.15) is 0 Å². The number of carbonyl (C=O) groups excluding carboxylic acids is 5. The van der Waals surface area contributed by atoms with Gasteiger partial charge in [-0.2, -0.15) is 12.7 Å². The fourth-order valence-corrected chi connectivity index (χ4v) is 14.4. The standard InChI is InChI=1S/C46H73N5O7S/c1-8-32-27-44(32,41(56)48-59(57,58)50-24-15-16-25-50)29-37(53)35-28-46(43(6,7)45(46)21-17-22-45)30-51(35)40(55)33(42(3,4)5)26-36(52)38(31-18-11-10-12-19-31)47-39(54)34-20-13-14-23-49(34)9-2/h8,31-35,38H,1,9-30H2,2-7H3,(H,47,54)(H,48,56)/t32-,33-,34+,35+,38+,44-,46-/m1/s1. The molecule has 3 aliphatic heterocycles. The van der Waals surface area contributed by atoms with Crippen LogP contribution >= 0.6 is 0 Å². The van der Waals surface area contributed by atoms with E-state index in [0.29, 0.717) is 32.5 Å². The lowest BCUT2D eigenvalue weighted by atomic mass is 9.73. The van der Waals surface area contributed by atoms with E-state index in [1.807, 2.05) is 20.8 Å². The monoisotopic (exact) mass is 840 g/mol. The van der Waals surface area contributed by atoms with Crippen LogP contribution < -0.4 is 10.0 Å². The minimum absolute atomic E-state index is 0.0117. The third kappa shape index (κ3) is 7.67. The van der Waals surface area contributed by atoms with Crippen molar-refractivity contribution in [2.45, 2.75) is 169 Å². The maximum Gasteiger partial charge on any atom is 0.303 e. The molecule has 0 aromatic rings. The predicted octanol–water partition coefficient (Wildman–Crippen LogP) is 5.95. The molecule has 0 aromatic heterocycles. The number of carbonyl (C=O) groups is 5. The van der Waals surface area contributed by atoms with Gasteiger partial charge in [-0.05, 0) is 105 Å². The fraction of sp³-hybridized carbons (Fsp3) is 0.848. The van der Waals surface area contributed by atoms with Crippen molar-refractivity contribution in [3.8, 4) is 0 Å². The molecule has 4 saturated carbocycles. The Labute approximate surface area is 354 Å². The molecule has 13 heteroatoms. The Morgan fingerprint density at radius 1 is 0.847 bits per heavy atom. The molecule has 4 aliphatic carbocycles. The number of likely N-dealkylation sites (tertiary alicyclic amines) is 2. The van der Waals surface area contributed by atoms with Gasteiger partial charge in [-0.3, -0.25) is 28.9 Å². The Hall–Kier alpha value is -2.64. The molecule has 0 aromatic carbocycles. The van der Waals surface area contributed by atoms with Crippen molar-refractivity contribution in [3.63, 3.8) is 0 Å². The maximum atomic E-state index is 15.4. The molecule has 3 heterocycles. The number of rotatable bonds is 15. The fourth-order valence-electron chi connectivity index (χ4n) is 13.1. The number of fused-ring (bicyclic) bond motifs is 1. The molecule has 0 bridgehead atoms. The highest BCUT2D eigenvalue weighted by atomic mass is 32.2. The number of likely N-dealkylation sites (N-methyl/N-ethyl adjacent to an activating group) is 1. The van der Waals surface area contributed by atoms with Crippen molar-refractivity contribution in [1.29, 1.82) is 0 Å². The number of Topliss-reactive ketones (excluding diaryl/α,β-unsaturated/α-hetero) is 2. The van der Waals surface area contributed by atoms with Crippen molar-refractivity contribution in [2.75, 3.05) is 32.7 Å². The first-order valence-electron chi connectivity index (χ1n) is 23.1. The first kappa shape index (κ1) is 44.4. The molecule has 0 radical (unpaired) electrons. The van der Waals surface area contributed by atoms with Gasteiger partial charge in [0, 0.05) is 43.8 Å². The molecular formula is C46H73N5O7S. The zero-order chi connectivity index (χ0) is 42.8. The first-order valence-corrected chi connectivity index (χ1v) is 24.6. The van der Waals surface area contributed by atoms with Crippen molar-refractivity contribution in [1.82, 2.24) is 24.1 Å². The van der Waals surface area contributed by atoms with E-state index in [1.165, 1.54) is 4.31 Å². The summed E-state index contributed by atoms with van der Waals surface area (Å²) < 4.78 is 30.0. The molecular weight excluding hydrogens is 767 g/mol. The van der Waals surface area contributed by atoms with Gasteiger partial charge >= 0.3 is 10.2 Å². The van der Waals surface area contributed by atoms with Crippen LogP contribution in [0.25, 0.3) is 0 Å². The van der Waals surface area contributed by atoms with Gasteiger partial charge in [0.05, 0.1) is 23.5 Å². The number of hydrogen-bond acceptors (Lipinski definition) is 8. The largest absolute Gasteiger partial charge is 0.345 e. The van der Waals surface area contributed by atoms with Gasteiger partial charge < -0.3 is 10.2 Å². The Balaban J connectivity index is 1.15. The third-order valence-corrected chi connectivity index (χ3v) is 18.8. The van der Waals surface area contributed by atoms with Gasteiger partial charge in [-0.1, -0.05) is 79.7 Å². The minimum atomic E-state index is -4.06. The summed E-state index contributed by atoms with van der Waals surface area (Å²) >= 11 is 0. The Morgan fingerprint density at radius 2 is 1.49 bits per heavy atom. The zero-order valence-corrected chi connectivity index (χ0v) is 37.7. The van der Waals surface area contributed by atoms with Gasteiger partial charge in [-0.15, -0.1) is 6.58 Å². The lowest BCUT2D eigenvalue weighted by Gasteiger charge is -2.38. The van der Waals surface area contributed by atoms with Gasteiger partial charge in [0.2, 0.25) is 17.7 Å². The molecule has 330 valence electrons. The van der Waals surface area contributed by atoms with Crippen LogP contribution in [0.5, 0.6) is 0 Å². The molecule has 7 atom stereocenters. The SMILES string of the molecule is C=C[C@@H]1C[C@]1(CC(=O)[C@@H]1C[C@@]2(CN1C(=O)[C@@H](CC(=O)[C@@H](NC(=O)[C@@H]1CCCCN1CC)C1CCCCC1)C(C)(C)C)C(C)(C)C21CCC1)C(=O)NS(=O)(=O)N1CCCC1. The second kappa shape index (κ2) is 16.2. The normalized spacial score (nSPS) is 32.9. The van der Waals surface area contributed by atoms with Crippen LogP contribution in [0.15, 0.2) is 12.7 Å². The van der Waals surface area contributed by atoms with E-state index in [9.17, 15) is 27.6 Å². The smallest absolute Gasteiger partial charge is 0.303 e. The van der Waals surface area contributed by atoms with Crippen LogP contribution in [-0.2, 0) is 34.2 Å². The summed E-state index contributed by atoms with van der Waals surface area (Å²) in [6, 6.07) is -1.74. The van der Waals surface area contributed by atoms with E-state index < -0.39 is 44.9 Å². The number of hydrogen-bond donors (Lipinski definition) is 2. The van der Waals surface area contributed by atoms with E-state index in [1.54, 1.807) is 11.0 Å². The zero-order valence-electron chi connectivity index (χ0n) is 36.9. The van der Waals surface area contributed by atoms with Crippen molar-refractivity contribution >= 4 is 39.5 Å². The van der Waals surface area contributed by atoms with Crippen molar-refractivity contribution in [3.05, 3.63) is 12.7 Å². The topological polar surface area (TPSA) is 153 Å². The summed E-state index contributed by atoms with van der Waals surface area (Å²) in [4.78, 5) is 76.9. The summed E-state index contributed by atoms with van der Waals surface area (Å²) in [5.74, 6) is -2.43. The molecule has 3 saturated heterocycles. The quantitative estimate of drug-likeness (QED) is 0.192. The van der Waals surface area contributed by atoms with Gasteiger partial charge in [-0.25, -0.2) is 4.72 Å². The molecule has 7 aliphatic rings. The highest BCUT2D eigenvalue weighted by Gasteiger charge is 2.85. The van der Waals surface area contributed by atoms with Gasteiger partial charge in [0.25, 0.3) is 0 Å². The maximum absolute atomic E-state index is 15.4. The molecule has 2 N–H and O–H groups in total. The first-order chi connectivity index (χ1) is 27.8. The van der Waals surface area contributed by atoms with E-state index in [4.69, 9.17) is 0 Å². The predicted molar refractivity (Wildman–Crippen MR) is 227 cm³/mol. The molecule has 3 amide bonds. The molecule has 7 rings (SSSR count). The van der Waals surface area contributed by atoms with Crippen LogP contribution in [0.3, 0.4) is 0 Å². The summed E-state index contributed by atoms with van der Waals surface area (Å²) in [6.07, 6.45) is 14.5. The average molecular weight is 840 g/mol. The van der Waals surface area contributed by atoms with Crippen LogP contribution in [0, 0.1) is 44.8 Å². The number of allylic oxidation sites excluding steroid dienone is 1.